The first-order chi connectivity index (χ1) is 9.28. The predicted octanol–water partition coefficient (Wildman–Crippen LogP) is 2.14. The summed E-state index contributed by atoms with van der Waals surface area (Å²) in [6.45, 7) is 0.0602. The molecule has 1 aromatic carbocycles. The maximum atomic E-state index is 13.0. The van der Waals surface area contributed by atoms with E-state index in [1.54, 1.807) is 30.6 Å². The number of aromatic nitrogens is 1. The molecule has 19 heavy (non-hydrogen) atoms. The zero-order valence-electron chi connectivity index (χ0n) is 10.1. The lowest BCUT2D eigenvalue weighted by Crippen LogP contribution is -1.96. The van der Waals surface area contributed by atoms with Crippen LogP contribution in [0.15, 0.2) is 42.7 Å². The van der Waals surface area contributed by atoms with Gasteiger partial charge in [-0.05, 0) is 23.8 Å². The third-order valence-corrected chi connectivity index (χ3v) is 2.32. The topological polar surface area (TPSA) is 42.4 Å². The van der Waals surface area contributed by atoms with Crippen molar-refractivity contribution in [2.45, 2.75) is 6.61 Å². The van der Waals surface area contributed by atoms with Crippen LogP contribution < -0.4 is 4.74 Å². The van der Waals surface area contributed by atoms with Gasteiger partial charge in [0.05, 0.1) is 6.20 Å². The van der Waals surface area contributed by atoms with E-state index in [2.05, 4.69) is 16.8 Å². The van der Waals surface area contributed by atoms with Crippen LogP contribution in [0.5, 0.6) is 5.75 Å². The molecule has 2 aromatic rings. The van der Waals surface area contributed by atoms with Crippen molar-refractivity contribution in [3.8, 4) is 17.6 Å². The van der Waals surface area contributed by atoms with Crippen LogP contribution in [0.4, 0.5) is 4.39 Å². The standard InChI is InChI=1S/C15H12FNO2/c16-14-5-1-3-13(7-14)11-19-15-8-12(4-2-6-18)9-17-10-15/h1,3,5,7-10,18H,6,11H2. The fraction of sp³-hybridized carbons (Fsp3) is 0.133. The fourth-order valence-electron chi connectivity index (χ4n) is 1.50. The maximum absolute atomic E-state index is 13.0. The van der Waals surface area contributed by atoms with Gasteiger partial charge in [-0.25, -0.2) is 4.39 Å². The summed E-state index contributed by atoms with van der Waals surface area (Å²) in [6.07, 6.45) is 3.14. The maximum Gasteiger partial charge on any atom is 0.139 e. The number of hydrogen-bond donors (Lipinski definition) is 1. The first-order valence-corrected chi connectivity index (χ1v) is 5.70. The second kappa shape index (κ2) is 6.53. The molecule has 0 aliphatic heterocycles. The molecule has 0 spiro atoms. The largest absolute Gasteiger partial charge is 0.487 e. The Morgan fingerprint density at radius 2 is 2.16 bits per heavy atom. The van der Waals surface area contributed by atoms with E-state index in [1.807, 2.05) is 0 Å². The third-order valence-electron chi connectivity index (χ3n) is 2.32. The molecule has 0 amide bonds. The minimum Gasteiger partial charge on any atom is -0.487 e. The normalized spacial score (nSPS) is 9.58. The highest BCUT2D eigenvalue weighted by atomic mass is 19.1. The summed E-state index contributed by atoms with van der Waals surface area (Å²) in [6, 6.07) is 7.94. The summed E-state index contributed by atoms with van der Waals surface area (Å²) in [7, 11) is 0. The average molecular weight is 257 g/mol. The summed E-state index contributed by atoms with van der Waals surface area (Å²) in [5.74, 6) is 5.53. The molecular formula is C15H12FNO2. The second-order valence-corrected chi connectivity index (χ2v) is 3.79. The zero-order valence-corrected chi connectivity index (χ0v) is 10.1. The number of ether oxygens (including phenoxy) is 1. The molecule has 0 saturated carbocycles. The summed E-state index contributed by atoms with van der Waals surface area (Å²) >= 11 is 0. The van der Waals surface area contributed by atoms with E-state index < -0.39 is 0 Å². The van der Waals surface area contributed by atoms with Crippen LogP contribution in [0.25, 0.3) is 0 Å². The first kappa shape index (κ1) is 13.1. The van der Waals surface area contributed by atoms with Crippen LogP contribution in [0, 0.1) is 17.7 Å². The molecule has 1 N–H and O–H groups in total. The number of benzene rings is 1. The highest BCUT2D eigenvalue weighted by molar-refractivity contribution is 5.36. The molecule has 0 unspecified atom stereocenters. The van der Waals surface area contributed by atoms with Crippen LogP contribution in [0.2, 0.25) is 0 Å². The van der Waals surface area contributed by atoms with E-state index in [4.69, 9.17) is 9.84 Å². The number of aliphatic hydroxyl groups is 1. The van der Waals surface area contributed by atoms with Crippen molar-refractivity contribution in [2.24, 2.45) is 0 Å². The fourth-order valence-corrected chi connectivity index (χ4v) is 1.50. The van der Waals surface area contributed by atoms with E-state index in [0.29, 0.717) is 11.3 Å². The van der Waals surface area contributed by atoms with Crippen molar-refractivity contribution in [1.29, 1.82) is 0 Å². The van der Waals surface area contributed by atoms with Crippen molar-refractivity contribution < 1.29 is 14.2 Å². The Kier molecular flexibility index (Phi) is 4.49. The minimum absolute atomic E-state index is 0.200. The second-order valence-electron chi connectivity index (χ2n) is 3.79. The SMILES string of the molecule is OCC#Cc1cncc(OCc2cccc(F)c2)c1. The summed E-state index contributed by atoms with van der Waals surface area (Å²) in [5.41, 5.74) is 1.40. The van der Waals surface area contributed by atoms with Crippen molar-refractivity contribution in [3.05, 3.63) is 59.7 Å². The van der Waals surface area contributed by atoms with E-state index in [0.717, 1.165) is 5.56 Å². The molecule has 0 atom stereocenters. The lowest BCUT2D eigenvalue weighted by molar-refractivity contribution is 0.304. The Hall–Kier alpha value is -2.38. The number of aliphatic hydroxyl groups excluding tert-OH is 1. The highest BCUT2D eigenvalue weighted by Crippen LogP contribution is 2.13. The molecule has 2 rings (SSSR count). The quantitative estimate of drug-likeness (QED) is 0.857. The van der Waals surface area contributed by atoms with Crippen LogP contribution in [-0.4, -0.2) is 16.7 Å². The Morgan fingerprint density at radius 1 is 1.26 bits per heavy atom. The molecule has 0 radical (unpaired) electrons. The van der Waals surface area contributed by atoms with Crippen LogP contribution >= 0.6 is 0 Å². The van der Waals surface area contributed by atoms with Gasteiger partial charge in [-0.1, -0.05) is 24.0 Å². The number of pyridine rings is 1. The van der Waals surface area contributed by atoms with E-state index in [-0.39, 0.29) is 19.0 Å². The molecule has 0 aliphatic carbocycles. The number of hydrogen-bond acceptors (Lipinski definition) is 3. The number of rotatable bonds is 3. The van der Waals surface area contributed by atoms with Gasteiger partial charge >= 0.3 is 0 Å². The molecule has 3 nitrogen and oxygen atoms in total. The van der Waals surface area contributed by atoms with Gasteiger partial charge in [0.15, 0.2) is 0 Å². The van der Waals surface area contributed by atoms with Gasteiger partial charge in [0.25, 0.3) is 0 Å². The Bertz CT molecular complexity index is 617. The molecule has 1 heterocycles. The van der Waals surface area contributed by atoms with E-state index in [9.17, 15) is 4.39 Å². The van der Waals surface area contributed by atoms with Crippen molar-refractivity contribution in [2.75, 3.05) is 6.61 Å². The molecule has 0 saturated heterocycles. The Balaban J connectivity index is 2.03. The van der Waals surface area contributed by atoms with E-state index >= 15 is 0 Å². The molecule has 0 fully saturated rings. The molecule has 96 valence electrons. The Labute approximate surface area is 110 Å². The Morgan fingerprint density at radius 3 is 2.95 bits per heavy atom. The van der Waals surface area contributed by atoms with Gasteiger partial charge < -0.3 is 9.84 Å². The first-order valence-electron chi connectivity index (χ1n) is 5.70. The summed E-state index contributed by atoms with van der Waals surface area (Å²) < 4.78 is 18.5. The van der Waals surface area contributed by atoms with Gasteiger partial charge in [-0.3, -0.25) is 4.98 Å². The number of halogens is 1. The molecular weight excluding hydrogens is 245 g/mol. The minimum atomic E-state index is -0.290. The third kappa shape index (κ3) is 4.09. The van der Waals surface area contributed by atoms with E-state index in [1.165, 1.54) is 12.1 Å². The molecule has 4 heteroatoms. The van der Waals surface area contributed by atoms with Gasteiger partial charge in [-0.15, -0.1) is 0 Å². The van der Waals surface area contributed by atoms with Crippen LogP contribution in [-0.2, 0) is 6.61 Å². The van der Waals surface area contributed by atoms with Gasteiger partial charge in [0.1, 0.15) is 24.8 Å². The van der Waals surface area contributed by atoms with Crippen LogP contribution in [0.3, 0.4) is 0 Å². The van der Waals surface area contributed by atoms with Gasteiger partial charge in [0, 0.05) is 11.8 Å². The predicted molar refractivity (Wildman–Crippen MR) is 68.9 cm³/mol. The molecule has 0 aliphatic rings. The van der Waals surface area contributed by atoms with Crippen molar-refractivity contribution in [1.82, 2.24) is 4.98 Å². The smallest absolute Gasteiger partial charge is 0.139 e. The average Bonchev–Trinajstić information content (AvgIpc) is 2.43. The zero-order chi connectivity index (χ0) is 13.5. The van der Waals surface area contributed by atoms with Crippen molar-refractivity contribution in [3.63, 3.8) is 0 Å². The summed E-state index contributed by atoms with van der Waals surface area (Å²) in [4.78, 5) is 3.98. The lowest BCUT2D eigenvalue weighted by atomic mass is 10.2. The highest BCUT2D eigenvalue weighted by Gasteiger charge is 1.99. The van der Waals surface area contributed by atoms with Crippen molar-refractivity contribution >= 4 is 0 Å². The summed E-state index contributed by atoms with van der Waals surface area (Å²) in [5, 5.41) is 8.61. The monoisotopic (exact) mass is 257 g/mol. The number of nitrogens with zero attached hydrogens (tertiary/aromatic N) is 1. The van der Waals surface area contributed by atoms with Gasteiger partial charge in [-0.2, -0.15) is 0 Å². The van der Waals surface area contributed by atoms with Crippen LogP contribution in [0.1, 0.15) is 11.1 Å². The van der Waals surface area contributed by atoms with Gasteiger partial charge in [0.2, 0.25) is 0 Å². The molecule has 1 aromatic heterocycles. The molecule has 0 bridgehead atoms. The lowest BCUT2D eigenvalue weighted by Gasteiger charge is -2.06.